The molecule has 0 aliphatic carbocycles. The smallest absolute Gasteiger partial charge is 0.371 e. The zero-order valence-electron chi connectivity index (χ0n) is 14.4. The Bertz CT molecular complexity index is 699. The number of carboxylic acid groups (broad SMARTS) is 1. The van der Waals surface area contributed by atoms with Crippen LogP contribution in [0.5, 0.6) is 5.75 Å². The molecule has 6 nitrogen and oxygen atoms in total. The third kappa shape index (κ3) is 5.84. The Balaban J connectivity index is 1.88. The van der Waals surface area contributed by atoms with Crippen LogP contribution in [-0.2, 0) is 9.53 Å². The first-order valence-electron chi connectivity index (χ1n) is 8.03. The molecule has 0 fully saturated rings. The molecule has 132 valence electrons. The molecule has 6 heteroatoms. The molecule has 2 rings (SSSR count). The zero-order valence-corrected chi connectivity index (χ0v) is 14.4. The molecule has 2 aromatic rings. The number of aromatic nitrogens is 1. The second-order valence-electron chi connectivity index (χ2n) is 5.27. The lowest BCUT2D eigenvalue weighted by atomic mass is 10.2. The van der Waals surface area contributed by atoms with E-state index < -0.39 is 5.97 Å². The first-order chi connectivity index (χ1) is 12.1. The number of carboxylic acids is 1. The van der Waals surface area contributed by atoms with Gasteiger partial charge in [-0.3, -0.25) is 0 Å². The lowest BCUT2D eigenvalue weighted by molar-refractivity contribution is -0.136. The van der Waals surface area contributed by atoms with Gasteiger partial charge in [0, 0.05) is 13.2 Å². The van der Waals surface area contributed by atoms with E-state index in [0.717, 1.165) is 17.1 Å². The van der Waals surface area contributed by atoms with Gasteiger partial charge in [-0.05, 0) is 42.8 Å². The first kappa shape index (κ1) is 18.3. The molecule has 0 aliphatic rings. The molecule has 1 aromatic carbocycles. The van der Waals surface area contributed by atoms with Gasteiger partial charge in [0.15, 0.2) is 0 Å². The Labute approximate surface area is 147 Å². The van der Waals surface area contributed by atoms with E-state index in [4.69, 9.17) is 14.6 Å². The Kier molecular flexibility index (Phi) is 6.83. The van der Waals surface area contributed by atoms with Gasteiger partial charge in [0.1, 0.15) is 18.2 Å². The van der Waals surface area contributed by atoms with Crippen molar-refractivity contribution >= 4 is 17.9 Å². The van der Waals surface area contributed by atoms with Crippen LogP contribution in [0, 0.1) is 0 Å². The van der Waals surface area contributed by atoms with Gasteiger partial charge in [0.25, 0.3) is 0 Å². The highest BCUT2D eigenvalue weighted by atomic mass is 16.5. The molecule has 0 atom stereocenters. The van der Waals surface area contributed by atoms with Crippen LogP contribution in [0.1, 0.15) is 12.5 Å². The third-order valence-electron chi connectivity index (χ3n) is 3.42. The molecule has 0 unspecified atom stereocenters. The van der Waals surface area contributed by atoms with Crippen molar-refractivity contribution in [1.29, 1.82) is 0 Å². The van der Waals surface area contributed by atoms with E-state index >= 15 is 0 Å². The minimum absolute atomic E-state index is 0.0758. The zero-order chi connectivity index (χ0) is 18.1. The van der Waals surface area contributed by atoms with Crippen LogP contribution in [0.4, 0.5) is 5.82 Å². The second-order valence-corrected chi connectivity index (χ2v) is 5.27. The van der Waals surface area contributed by atoms with Gasteiger partial charge in [-0.15, -0.1) is 0 Å². The van der Waals surface area contributed by atoms with Crippen LogP contribution in [0.2, 0.25) is 0 Å². The van der Waals surface area contributed by atoms with Crippen molar-refractivity contribution in [1.82, 2.24) is 4.98 Å². The highest BCUT2D eigenvalue weighted by Crippen LogP contribution is 2.15. The second kappa shape index (κ2) is 9.32. The predicted octanol–water partition coefficient (Wildman–Crippen LogP) is 3.06. The molecule has 0 saturated carbocycles. The number of ether oxygens (including phenoxy) is 2. The van der Waals surface area contributed by atoms with Crippen molar-refractivity contribution < 1.29 is 19.4 Å². The van der Waals surface area contributed by atoms with Crippen LogP contribution in [0.3, 0.4) is 0 Å². The number of benzene rings is 1. The van der Waals surface area contributed by atoms with Crippen LogP contribution < -0.4 is 9.64 Å². The number of rotatable bonds is 9. The summed E-state index contributed by atoms with van der Waals surface area (Å²) in [5.74, 6) is 0.455. The largest absolute Gasteiger partial charge is 0.492 e. The number of pyridine rings is 1. The average Bonchev–Trinajstić information content (AvgIpc) is 2.63. The van der Waals surface area contributed by atoms with Gasteiger partial charge < -0.3 is 19.5 Å². The molecule has 0 radical (unpaired) electrons. The van der Waals surface area contributed by atoms with Gasteiger partial charge in [-0.1, -0.05) is 18.2 Å². The Morgan fingerprint density at radius 1 is 1.24 bits per heavy atom. The predicted molar refractivity (Wildman–Crippen MR) is 96.7 cm³/mol. The van der Waals surface area contributed by atoms with Crippen LogP contribution >= 0.6 is 0 Å². The minimum Gasteiger partial charge on any atom is -0.492 e. The van der Waals surface area contributed by atoms with E-state index in [1.54, 1.807) is 37.4 Å². The van der Waals surface area contributed by atoms with Gasteiger partial charge in [0.2, 0.25) is 5.76 Å². The summed E-state index contributed by atoms with van der Waals surface area (Å²) in [6.45, 7) is 3.27. The number of nitrogens with zero attached hydrogens (tertiary/aromatic N) is 2. The van der Waals surface area contributed by atoms with Crippen LogP contribution in [-0.4, -0.2) is 42.9 Å². The quantitative estimate of drug-likeness (QED) is 0.558. The molecule has 1 aromatic heterocycles. The summed E-state index contributed by atoms with van der Waals surface area (Å²) < 4.78 is 10.8. The van der Waals surface area contributed by atoms with Crippen LogP contribution in [0.15, 0.2) is 54.4 Å². The molecule has 0 saturated heterocycles. The molecule has 0 spiro atoms. The van der Waals surface area contributed by atoms with Gasteiger partial charge in [-0.2, -0.15) is 0 Å². The maximum Gasteiger partial charge on any atom is 0.371 e. The van der Waals surface area contributed by atoms with Gasteiger partial charge >= 0.3 is 5.97 Å². The topological polar surface area (TPSA) is 71.9 Å². The minimum atomic E-state index is -1.08. The number of anilines is 1. The highest BCUT2D eigenvalue weighted by molar-refractivity contribution is 5.89. The molecule has 0 bridgehead atoms. The lowest BCUT2D eigenvalue weighted by Crippen LogP contribution is -2.24. The van der Waals surface area contributed by atoms with Crippen molar-refractivity contribution in [2.45, 2.75) is 6.92 Å². The molecule has 1 heterocycles. The Morgan fingerprint density at radius 3 is 2.60 bits per heavy atom. The van der Waals surface area contributed by atoms with Crippen molar-refractivity contribution in [2.24, 2.45) is 0 Å². The van der Waals surface area contributed by atoms with E-state index in [2.05, 4.69) is 4.98 Å². The monoisotopic (exact) mass is 342 g/mol. The summed E-state index contributed by atoms with van der Waals surface area (Å²) in [6.07, 6.45) is 3.25. The SMILES string of the molecule is CCO/C(=C/c1ccc(OCCN(C)c2ccccn2)cc1)C(=O)O. The number of likely N-dealkylation sites (N-methyl/N-ethyl adjacent to an activating group) is 1. The average molecular weight is 342 g/mol. The van der Waals surface area contributed by atoms with Gasteiger partial charge in [-0.25, -0.2) is 9.78 Å². The molecular formula is C19H22N2O4. The Morgan fingerprint density at radius 2 is 2.00 bits per heavy atom. The van der Waals surface area contributed by atoms with Crippen molar-refractivity contribution in [3.63, 3.8) is 0 Å². The Hall–Kier alpha value is -3.02. The molecular weight excluding hydrogens is 320 g/mol. The molecule has 0 amide bonds. The fourth-order valence-corrected chi connectivity index (χ4v) is 2.13. The summed E-state index contributed by atoms with van der Waals surface area (Å²) >= 11 is 0. The molecule has 1 N–H and O–H groups in total. The molecule has 25 heavy (non-hydrogen) atoms. The fourth-order valence-electron chi connectivity index (χ4n) is 2.13. The normalized spacial score (nSPS) is 11.0. The number of aliphatic carboxylic acids is 1. The summed E-state index contributed by atoms with van der Waals surface area (Å²) in [5.41, 5.74) is 0.740. The standard InChI is InChI=1S/C19H22N2O4/c1-3-24-17(19(22)23)14-15-7-9-16(10-8-15)25-13-12-21(2)18-6-4-5-11-20-18/h4-11,14H,3,12-13H2,1-2H3,(H,22,23)/b17-14+. The number of hydrogen-bond donors (Lipinski definition) is 1. The van der Waals surface area contributed by atoms with E-state index in [1.165, 1.54) is 6.08 Å². The number of hydrogen-bond acceptors (Lipinski definition) is 5. The number of carbonyl (C=O) groups is 1. The first-order valence-corrected chi connectivity index (χ1v) is 8.03. The lowest BCUT2D eigenvalue weighted by Gasteiger charge is -2.18. The maximum absolute atomic E-state index is 11.1. The third-order valence-corrected chi connectivity index (χ3v) is 3.42. The summed E-state index contributed by atoms with van der Waals surface area (Å²) in [7, 11) is 1.96. The molecule has 0 aliphatic heterocycles. The summed E-state index contributed by atoms with van der Waals surface area (Å²) in [4.78, 5) is 17.3. The van der Waals surface area contributed by atoms with E-state index in [9.17, 15) is 4.79 Å². The van der Waals surface area contributed by atoms with Crippen molar-refractivity contribution in [3.8, 4) is 5.75 Å². The van der Waals surface area contributed by atoms with Crippen molar-refractivity contribution in [2.75, 3.05) is 31.7 Å². The van der Waals surface area contributed by atoms with E-state index in [0.29, 0.717) is 19.8 Å². The van der Waals surface area contributed by atoms with Crippen molar-refractivity contribution in [3.05, 3.63) is 60.0 Å². The maximum atomic E-state index is 11.1. The fraction of sp³-hybridized carbons (Fsp3) is 0.263. The summed E-state index contributed by atoms with van der Waals surface area (Å²) in [6, 6.07) is 13.0. The highest BCUT2D eigenvalue weighted by Gasteiger charge is 2.08. The van der Waals surface area contributed by atoms with Gasteiger partial charge in [0.05, 0.1) is 13.2 Å². The summed E-state index contributed by atoms with van der Waals surface area (Å²) in [5, 5.41) is 9.05. The van der Waals surface area contributed by atoms with E-state index in [-0.39, 0.29) is 5.76 Å². The van der Waals surface area contributed by atoms with Crippen LogP contribution in [0.25, 0.3) is 6.08 Å². The van der Waals surface area contributed by atoms with E-state index in [1.807, 2.05) is 30.1 Å².